The molecule has 140 valence electrons. The van der Waals surface area contributed by atoms with E-state index in [2.05, 4.69) is 9.97 Å². The number of rotatable bonds is 3. The van der Waals surface area contributed by atoms with Gasteiger partial charge in [-0.2, -0.15) is 0 Å². The molecule has 1 amide bonds. The van der Waals surface area contributed by atoms with E-state index in [0.717, 1.165) is 6.26 Å². The second-order valence-corrected chi connectivity index (χ2v) is 8.43. The van der Waals surface area contributed by atoms with Gasteiger partial charge in [-0.1, -0.05) is 24.3 Å². The molecule has 3 heterocycles. The van der Waals surface area contributed by atoms with E-state index >= 15 is 0 Å². The average Bonchev–Trinajstić information content (AvgIpc) is 2.95. The van der Waals surface area contributed by atoms with Gasteiger partial charge >= 0.3 is 0 Å². The molecule has 7 nitrogen and oxygen atoms in total. The zero-order valence-electron chi connectivity index (χ0n) is 14.5. The maximum absolute atomic E-state index is 13.4. The predicted octanol–water partition coefficient (Wildman–Crippen LogP) is 1.47. The van der Waals surface area contributed by atoms with Crippen molar-refractivity contribution in [3.63, 3.8) is 0 Å². The summed E-state index contributed by atoms with van der Waals surface area (Å²) in [5.41, 5.74) is 1.09. The van der Waals surface area contributed by atoms with Gasteiger partial charge in [0.15, 0.2) is 0 Å². The Balaban J connectivity index is 1.84. The Morgan fingerprint density at radius 3 is 2.52 bits per heavy atom. The van der Waals surface area contributed by atoms with E-state index in [1.54, 1.807) is 23.2 Å². The highest BCUT2D eigenvalue weighted by Crippen LogP contribution is 2.44. The molecule has 1 aromatic heterocycles. The number of hydrogen-bond donors (Lipinski definition) is 0. The van der Waals surface area contributed by atoms with Crippen LogP contribution < -0.4 is 0 Å². The summed E-state index contributed by atoms with van der Waals surface area (Å²) in [6.45, 7) is 0.920. The molecule has 27 heavy (non-hydrogen) atoms. The van der Waals surface area contributed by atoms with E-state index in [-0.39, 0.29) is 16.9 Å². The van der Waals surface area contributed by atoms with Gasteiger partial charge in [0, 0.05) is 19.0 Å². The fraction of sp³-hybridized carbons (Fsp3) is 0.278. The third-order valence-corrected chi connectivity index (χ3v) is 5.58. The van der Waals surface area contributed by atoms with Crippen LogP contribution in [0.25, 0.3) is 0 Å². The number of hydrazine groups is 1. The Labute approximate surface area is 156 Å². The standard InChI is InChI=1S/C18H17FN4O3S/c1-27(25,26)18-20-9-8-14(21-18)16-15(12-4-6-13(19)7-5-12)17(24)23-11-3-2-10-22(16)23/h2-9,15-16H,10-11H2,1H3. The minimum Gasteiger partial charge on any atom is -0.273 e. The number of fused-ring (bicyclic) bond motifs is 1. The lowest BCUT2D eigenvalue weighted by Crippen LogP contribution is -2.42. The molecule has 0 N–H and O–H groups in total. The topological polar surface area (TPSA) is 83.5 Å². The lowest BCUT2D eigenvalue weighted by Gasteiger charge is -2.33. The normalized spacial score (nSPS) is 22.9. The number of benzene rings is 1. The van der Waals surface area contributed by atoms with Crippen LogP contribution in [0, 0.1) is 5.82 Å². The van der Waals surface area contributed by atoms with E-state index in [4.69, 9.17) is 0 Å². The molecule has 2 aliphatic rings. The first-order chi connectivity index (χ1) is 12.9. The minimum atomic E-state index is -3.59. The van der Waals surface area contributed by atoms with Crippen LogP contribution in [0.1, 0.15) is 23.2 Å². The molecular weight excluding hydrogens is 371 g/mol. The summed E-state index contributed by atoms with van der Waals surface area (Å²) >= 11 is 0. The summed E-state index contributed by atoms with van der Waals surface area (Å²) in [6, 6.07) is 6.90. The van der Waals surface area contributed by atoms with Gasteiger partial charge in [0.2, 0.25) is 20.9 Å². The van der Waals surface area contributed by atoms with Crippen LogP contribution in [0.2, 0.25) is 0 Å². The van der Waals surface area contributed by atoms with Crippen molar-refractivity contribution in [1.29, 1.82) is 0 Å². The van der Waals surface area contributed by atoms with E-state index < -0.39 is 21.8 Å². The van der Waals surface area contributed by atoms with Gasteiger partial charge in [0.25, 0.3) is 0 Å². The Bertz CT molecular complexity index is 1020. The van der Waals surface area contributed by atoms with Crippen LogP contribution in [0.15, 0.2) is 53.8 Å². The molecule has 2 aromatic rings. The Morgan fingerprint density at radius 1 is 1.11 bits per heavy atom. The van der Waals surface area contributed by atoms with Crippen LogP contribution in [-0.2, 0) is 14.6 Å². The molecule has 0 radical (unpaired) electrons. The van der Waals surface area contributed by atoms with Crippen molar-refractivity contribution in [3.05, 3.63) is 65.8 Å². The van der Waals surface area contributed by atoms with Crippen LogP contribution >= 0.6 is 0 Å². The smallest absolute Gasteiger partial charge is 0.247 e. The highest BCUT2D eigenvalue weighted by Gasteiger charge is 2.48. The Morgan fingerprint density at radius 2 is 1.81 bits per heavy atom. The summed E-state index contributed by atoms with van der Waals surface area (Å²) in [6.07, 6.45) is 6.27. The quantitative estimate of drug-likeness (QED) is 0.585. The van der Waals surface area contributed by atoms with E-state index in [1.165, 1.54) is 18.3 Å². The summed E-state index contributed by atoms with van der Waals surface area (Å²) < 4.78 is 37.1. The molecule has 9 heteroatoms. The van der Waals surface area contributed by atoms with Crippen LogP contribution in [0.3, 0.4) is 0 Å². The number of carbonyl (C=O) groups excluding carboxylic acids is 1. The van der Waals surface area contributed by atoms with Crippen LogP contribution in [0.5, 0.6) is 0 Å². The highest BCUT2D eigenvalue weighted by molar-refractivity contribution is 7.90. The summed E-state index contributed by atoms with van der Waals surface area (Å²) in [5.74, 6) is -1.13. The van der Waals surface area contributed by atoms with Crippen LogP contribution in [-0.4, -0.2) is 53.7 Å². The van der Waals surface area contributed by atoms with Crippen molar-refractivity contribution in [2.45, 2.75) is 17.1 Å². The fourth-order valence-electron chi connectivity index (χ4n) is 3.52. The van der Waals surface area contributed by atoms with Gasteiger partial charge in [-0.3, -0.25) is 9.80 Å². The lowest BCUT2D eigenvalue weighted by molar-refractivity contribution is -0.138. The second kappa shape index (κ2) is 6.50. The summed E-state index contributed by atoms with van der Waals surface area (Å²) in [4.78, 5) is 21.1. The second-order valence-electron chi connectivity index (χ2n) is 6.52. The van der Waals surface area contributed by atoms with Crippen molar-refractivity contribution < 1.29 is 17.6 Å². The van der Waals surface area contributed by atoms with Crippen molar-refractivity contribution in [1.82, 2.24) is 20.0 Å². The maximum atomic E-state index is 13.4. The molecule has 0 saturated carbocycles. The van der Waals surface area contributed by atoms with Gasteiger partial charge in [0.1, 0.15) is 5.82 Å². The van der Waals surface area contributed by atoms with Gasteiger partial charge in [0.05, 0.1) is 24.2 Å². The third kappa shape index (κ3) is 3.13. The molecular formula is C18H17FN4O3S. The van der Waals surface area contributed by atoms with E-state index in [1.807, 2.05) is 17.2 Å². The first kappa shape index (κ1) is 17.7. The number of amides is 1. The summed E-state index contributed by atoms with van der Waals surface area (Å²) in [5, 5.41) is 3.21. The maximum Gasteiger partial charge on any atom is 0.247 e. The number of carbonyl (C=O) groups is 1. The fourth-order valence-corrected chi connectivity index (χ4v) is 4.05. The number of aromatic nitrogens is 2. The first-order valence-electron chi connectivity index (χ1n) is 8.37. The van der Waals surface area contributed by atoms with Gasteiger partial charge in [-0.15, -0.1) is 0 Å². The predicted molar refractivity (Wildman–Crippen MR) is 94.6 cm³/mol. The monoisotopic (exact) mass is 388 g/mol. The van der Waals surface area contributed by atoms with Gasteiger partial charge in [-0.25, -0.2) is 27.8 Å². The molecule has 1 fully saturated rings. The highest BCUT2D eigenvalue weighted by atomic mass is 32.2. The van der Waals surface area contributed by atoms with Crippen molar-refractivity contribution in [3.8, 4) is 0 Å². The minimum absolute atomic E-state index is 0.129. The summed E-state index contributed by atoms with van der Waals surface area (Å²) in [7, 11) is -3.59. The van der Waals surface area contributed by atoms with Crippen molar-refractivity contribution in [2.24, 2.45) is 0 Å². The SMILES string of the molecule is CS(=O)(=O)c1nccc(C2C(c3ccc(F)cc3)C(=O)N3CC=CCN23)n1. The van der Waals surface area contributed by atoms with Crippen molar-refractivity contribution >= 4 is 15.7 Å². The van der Waals surface area contributed by atoms with Crippen LogP contribution in [0.4, 0.5) is 4.39 Å². The lowest BCUT2D eigenvalue weighted by atomic mass is 9.90. The zero-order valence-corrected chi connectivity index (χ0v) is 15.3. The number of nitrogens with zero attached hydrogens (tertiary/aromatic N) is 4. The molecule has 2 atom stereocenters. The number of hydrogen-bond acceptors (Lipinski definition) is 6. The first-order valence-corrected chi connectivity index (χ1v) is 10.3. The molecule has 0 spiro atoms. The molecule has 1 aromatic carbocycles. The van der Waals surface area contributed by atoms with Crippen molar-refractivity contribution in [2.75, 3.05) is 19.3 Å². The molecule has 2 aliphatic heterocycles. The molecule has 0 aliphatic carbocycles. The molecule has 1 saturated heterocycles. The van der Waals surface area contributed by atoms with Gasteiger partial charge in [-0.05, 0) is 23.8 Å². The molecule has 2 unspecified atom stereocenters. The Hall–Kier alpha value is -2.65. The van der Waals surface area contributed by atoms with Gasteiger partial charge < -0.3 is 0 Å². The largest absolute Gasteiger partial charge is 0.273 e. The molecule has 4 rings (SSSR count). The van der Waals surface area contributed by atoms with E-state index in [0.29, 0.717) is 24.3 Å². The number of halogens is 1. The van der Waals surface area contributed by atoms with E-state index in [9.17, 15) is 17.6 Å². The molecule has 0 bridgehead atoms. The Kier molecular flexibility index (Phi) is 4.27. The number of sulfone groups is 1. The average molecular weight is 388 g/mol. The third-order valence-electron chi connectivity index (χ3n) is 4.72. The zero-order chi connectivity index (χ0) is 19.2.